The molecule has 2 aliphatic rings. The van der Waals surface area contributed by atoms with Gasteiger partial charge in [-0.15, -0.1) is 0 Å². The summed E-state index contributed by atoms with van der Waals surface area (Å²) in [6, 6.07) is 2.06. The first kappa shape index (κ1) is 11.0. The van der Waals surface area contributed by atoms with Gasteiger partial charge in [-0.3, -0.25) is 0 Å². The van der Waals surface area contributed by atoms with E-state index in [2.05, 4.69) is 6.07 Å². The molecule has 0 atom stereocenters. The molecule has 0 amide bonds. The van der Waals surface area contributed by atoms with E-state index in [1.807, 2.05) is 0 Å². The molecular formula is C13H21NO. The van der Waals surface area contributed by atoms with Crippen molar-refractivity contribution in [3.63, 3.8) is 0 Å². The number of hydrogen-bond donors (Lipinski definition) is 1. The zero-order chi connectivity index (χ0) is 10.7. The molecular weight excluding hydrogens is 186 g/mol. The first-order chi connectivity index (χ1) is 7.23. The van der Waals surface area contributed by atoms with Gasteiger partial charge in [0, 0.05) is 0 Å². The minimum Gasteiger partial charge on any atom is -0.375 e. The van der Waals surface area contributed by atoms with Gasteiger partial charge in [0.05, 0.1) is 6.07 Å². The third-order valence-electron chi connectivity index (χ3n) is 4.38. The molecule has 84 valence electrons. The highest BCUT2D eigenvalue weighted by Gasteiger charge is 2.36. The number of rotatable bonds is 1. The summed E-state index contributed by atoms with van der Waals surface area (Å²) in [6.45, 7) is 0. The Hall–Kier alpha value is -0.550. The highest BCUT2D eigenvalue weighted by molar-refractivity contribution is 5.03. The van der Waals surface area contributed by atoms with Gasteiger partial charge in [0.15, 0.2) is 5.60 Å². The Kier molecular flexibility index (Phi) is 3.31. The highest BCUT2D eigenvalue weighted by atomic mass is 16.3. The van der Waals surface area contributed by atoms with E-state index >= 15 is 0 Å². The van der Waals surface area contributed by atoms with Crippen molar-refractivity contribution in [2.75, 3.05) is 0 Å². The van der Waals surface area contributed by atoms with Crippen molar-refractivity contribution in [1.82, 2.24) is 0 Å². The van der Waals surface area contributed by atoms with Gasteiger partial charge in [0.25, 0.3) is 0 Å². The highest BCUT2D eigenvalue weighted by Crippen LogP contribution is 2.40. The summed E-state index contributed by atoms with van der Waals surface area (Å²) in [5.74, 6) is 1.68. The van der Waals surface area contributed by atoms with Crippen LogP contribution in [0.1, 0.15) is 57.8 Å². The van der Waals surface area contributed by atoms with Gasteiger partial charge in [-0.05, 0) is 37.5 Å². The molecule has 0 bridgehead atoms. The molecule has 0 aromatic heterocycles. The van der Waals surface area contributed by atoms with Crippen LogP contribution in [0.15, 0.2) is 0 Å². The molecule has 0 aromatic carbocycles. The number of hydrogen-bond acceptors (Lipinski definition) is 2. The third-order valence-corrected chi connectivity index (χ3v) is 4.38. The quantitative estimate of drug-likeness (QED) is 0.672. The SMILES string of the molecule is N#C[C@]1(O)CC[C@H](C2CCCCC2)CC1. The Bertz CT molecular complexity index is 242. The van der Waals surface area contributed by atoms with E-state index in [1.54, 1.807) is 0 Å². The van der Waals surface area contributed by atoms with Gasteiger partial charge >= 0.3 is 0 Å². The number of nitrogens with zero attached hydrogens (tertiary/aromatic N) is 1. The Morgan fingerprint density at radius 3 is 2.00 bits per heavy atom. The van der Waals surface area contributed by atoms with E-state index in [0.29, 0.717) is 12.8 Å². The topological polar surface area (TPSA) is 44.0 Å². The van der Waals surface area contributed by atoms with Crippen LogP contribution in [0.4, 0.5) is 0 Å². The molecule has 2 nitrogen and oxygen atoms in total. The largest absolute Gasteiger partial charge is 0.375 e. The molecule has 0 aliphatic heterocycles. The second kappa shape index (κ2) is 4.53. The Morgan fingerprint density at radius 2 is 1.47 bits per heavy atom. The van der Waals surface area contributed by atoms with Gasteiger partial charge < -0.3 is 5.11 Å². The second-order valence-electron chi connectivity index (χ2n) is 5.38. The lowest BCUT2D eigenvalue weighted by Crippen LogP contribution is -2.34. The van der Waals surface area contributed by atoms with Crippen LogP contribution in [0.3, 0.4) is 0 Å². The van der Waals surface area contributed by atoms with Gasteiger partial charge in [-0.1, -0.05) is 32.1 Å². The summed E-state index contributed by atoms with van der Waals surface area (Å²) >= 11 is 0. The lowest BCUT2D eigenvalue weighted by molar-refractivity contribution is 0.0265. The summed E-state index contributed by atoms with van der Waals surface area (Å²) in [5.41, 5.74) is -0.995. The van der Waals surface area contributed by atoms with Gasteiger partial charge in [-0.25, -0.2) is 0 Å². The molecule has 15 heavy (non-hydrogen) atoms. The average Bonchev–Trinajstić information content (AvgIpc) is 2.31. The van der Waals surface area contributed by atoms with Gasteiger partial charge in [0.1, 0.15) is 0 Å². The molecule has 0 unspecified atom stereocenters. The van der Waals surface area contributed by atoms with Crippen LogP contribution in [0.5, 0.6) is 0 Å². The molecule has 2 heteroatoms. The summed E-state index contributed by atoms with van der Waals surface area (Å²) < 4.78 is 0. The maximum absolute atomic E-state index is 9.84. The molecule has 0 spiro atoms. The van der Waals surface area contributed by atoms with Crippen LogP contribution in [0.2, 0.25) is 0 Å². The summed E-state index contributed by atoms with van der Waals surface area (Å²) in [6.07, 6.45) is 10.5. The predicted octanol–water partition coefficient (Wildman–Crippen LogP) is 3.01. The zero-order valence-corrected chi connectivity index (χ0v) is 9.41. The smallest absolute Gasteiger partial charge is 0.151 e. The van der Waals surface area contributed by atoms with Crippen molar-refractivity contribution in [2.45, 2.75) is 63.4 Å². The number of aliphatic hydroxyl groups is 1. The molecule has 2 saturated carbocycles. The summed E-state index contributed by atoms with van der Waals surface area (Å²) in [5, 5.41) is 18.7. The summed E-state index contributed by atoms with van der Waals surface area (Å²) in [4.78, 5) is 0. The van der Waals surface area contributed by atoms with Crippen molar-refractivity contribution in [1.29, 1.82) is 5.26 Å². The lowest BCUT2D eigenvalue weighted by atomic mass is 9.70. The Balaban J connectivity index is 1.85. The van der Waals surface area contributed by atoms with E-state index < -0.39 is 5.60 Å². The van der Waals surface area contributed by atoms with Crippen LogP contribution in [-0.4, -0.2) is 10.7 Å². The third kappa shape index (κ3) is 2.52. The predicted molar refractivity (Wildman–Crippen MR) is 59.1 cm³/mol. The van der Waals surface area contributed by atoms with Crippen molar-refractivity contribution in [3.8, 4) is 6.07 Å². The van der Waals surface area contributed by atoms with Crippen LogP contribution in [-0.2, 0) is 0 Å². The minimum absolute atomic E-state index is 0.699. The molecule has 2 fully saturated rings. The molecule has 0 heterocycles. The lowest BCUT2D eigenvalue weighted by Gasteiger charge is -2.37. The van der Waals surface area contributed by atoms with E-state index in [-0.39, 0.29) is 0 Å². The van der Waals surface area contributed by atoms with Crippen LogP contribution in [0.25, 0.3) is 0 Å². The molecule has 2 rings (SSSR count). The fourth-order valence-electron chi connectivity index (χ4n) is 3.31. The molecule has 0 saturated heterocycles. The van der Waals surface area contributed by atoms with Crippen molar-refractivity contribution < 1.29 is 5.11 Å². The maximum Gasteiger partial charge on any atom is 0.151 e. The zero-order valence-electron chi connectivity index (χ0n) is 9.41. The number of nitriles is 1. The van der Waals surface area contributed by atoms with Crippen molar-refractivity contribution in [3.05, 3.63) is 0 Å². The molecule has 1 N–H and O–H groups in total. The fourth-order valence-corrected chi connectivity index (χ4v) is 3.31. The molecule has 0 radical (unpaired) electrons. The maximum atomic E-state index is 9.84. The normalized spacial score (nSPS) is 38.5. The van der Waals surface area contributed by atoms with Crippen molar-refractivity contribution in [2.24, 2.45) is 11.8 Å². The van der Waals surface area contributed by atoms with Gasteiger partial charge in [0.2, 0.25) is 0 Å². The average molecular weight is 207 g/mol. The van der Waals surface area contributed by atoms with E-state index in [1.165, 1.54) is 32.1 Å². The minimum atomic E-state index is -0.995. The fraction of sp³-hybridized carbons (Fsp3) is 0.923. The van der Waals surface area contributed by atoms with Crippen LogP contribution < -0.4 is 0 Å². The first-order valence-corrected chi connectivity index (χ1v) is 6.37. The van der Waals surface area contributed by atoms with Crippen LogP contribution >= 0.6 is 0 Å². The van der Waals surface area contributed by atoms with E-state index in [9.17, 15) is 5.11 Å². The van der Waals surface area contributed by atoms with E-state index in [4.69, 9.17) is 5.26 Å². The van der Waals surface area contributed by atoms with Gasteiger partial charge in [-0.2, -0.15) is 5.26 Å². The second-order valence-corrected chi connectivity index (χ2v) is 5.38. The standard InChI is InChI=1S/C13H21NO/c14-10-13(15)8-6-12(7-9-13)11-4-2-1-3-5-11/h11-12,15H,1-9H2/t12-,13-. The van der Waals surface area contributed by atoms with E-state index in [0.717, 1.165) is 24.7 Å². The molecule has 0 aromatic rings. The summed E-state index contributed by atoms with van der Waals surface area (Å²) in [7, 11) is 0. The monoisotopic (exact) mass is 207 g/mol. The van der Waals surface area contributed by atoms with Crippen LogP contribution in [0, 0.1) is 23.2 Å². The van der Waals surface area contributed by atoms with Crippen molar-refractivity contribution >= 4 is 0 Å². The first-order valence-electron chi connectivity index (χ1n) is 6.37. The Morgan fingerprint density at radius 1 is 0.933 bits per heavy atom. The Labute approximate surface area is 92.3 Å². The molecule has 2 aliphatic carbocycles.